The summed E-state index contributed by atoms with van der Waals surface area (Å²) in [6.07, 6.45) is 2.20. The largest absolute Gasteiger partial charge is 0.507 e. The first-order chi connectivity index (χ1) is 19.3. The third-order valence-corrected chi connectivity index (χ3v) is 7.81. The molecule has 1 heterocycles. The normalized spacial score (nSPS) is 17.9. The summed E-state index contributed by atoms with van der Waals surface area (Å²) in [4.78, 5) is 27.8. The van der Waals surface area contributed by atoms with Crippen LogP contribution in [0.3, 0.4) is 0 Å². The lowest BCUT2D eigenvalue weighted by molar-refractivity contribution is 0.0635. The monoisotopic (exact) mass is 577 g/mol. The van der Waals surface area contributed by atoms with Crippen molar-refractivity contribution in [1.29, 1.82) is 5.41 Å². The third kappa shape index (κ3) is 8.36. The molecule has 1 amide bonds. The molecule has 0 radical (unpaired) electrons. The second-order valence-corrected chi connectivity index (χ2v) is 14.8. The van der Waals surface area contributed by atoms with Crippen LogP contribution < -0.4 is 5.32 Å². The number of phenolic OH excluding ortho intramolecular Hbond substituents is 1. The van der Waals surface area contributed by atoms with Gasteiger partial charge in [0.25, 0.3) is 0 Å². The lowest BCUT2D eigenvalue weighted by atomic mass is 9.78. The predicted molar refractivity (Wildman–Crippen MR) is 171 cm³/mol. The van der Waals surface area contributed by atoms with Crippen LogP contribution in [0.25, 0.3) is 0 Å². The molecule has 1 aliphatic rings. The van der Waals surface area contributed by atoms with Crippen LogP contribution in [0, 0.1) is 17.2 Å². The zero-order valence-electron chi connectivity index (χ0n) is 27.3. The van der Waals surface area contributed by atoms with Gasteiger partial charge in [-0.1, -0.05) is 67.0 Å². The molecule has 0 aromatic heterocycles. The maximum absolute atomic E-state index is 13.7. The van der Waals surface area contributed by atoms with E-state index in [4.69, 9.17) is 10.1 Å². The van der Waals surface area contributed by atoms with Gasteiger partial charge in [-0.15, -0.1) is 0 Å². The SMILES string of the molecule is CCCC1CN(CC(=O)c2cc(C(C)(C)C)c(O)c(C(C)(C)C)c2)C(=N)C1Cc1ccc(NC(=O)OC(C)(C)C)cc1. The molecule has 0 aliphatic carbocycles. The van der Waals surface area contributed by atoms with Gasteiger partial charge in [-0.05, 0) is 80.2 Å². The van der Waals surface area contributed by atoms with Gasteiger partial charge < -0.3 is 14.7 Å². The van der Waals surface area contributed by atoms with E-state index in [-0.39, 0.29) is 40.7 Å². The quantitative estimate of drug-likeness (QED) is 0.275. The van der Waals surface area contributed by atoms with Crippen molar-refractivity contribution in [1.82, 2.24) is 4.90 Å². The Morgan fingerprint density at radius 3 is 2.00 bits per heavy atom. The van der Waals surface area contributed by atoms with Gasteiger partial charge in [0.2, 0.25) is 0 Å². The summed E-state index contributed by atoms with van der Waals surface area (Å²) >= 11 is 0. The van der Waals surface area contributed by atoms with Gasteiger partial charge in [-0.3, -0.25) is 15.5 Å². The number of aromatic hydroxyl groups is 1. The van der Waals surface area contributed by atoms with Crippen LogP contribution >= 0.6 is 0 Å². The van der Waals surface area contributed by atoms with Gasteiger partial charge >= 0.3 is 6.09 Å². The van der Waals surface area contributed by atoms with Crippen LogP contribution in [0.1, 0.15) is 109 Å². The molecule has 2 unspecified atom stereocenters. The van der Waals surface area contributed by atoms with E-state index in [1.165, 1.54) is 0 Å². The number of ketones is 1. The van der Waals surface area contributed by atoms with E-state index in [9.17, 15) is 14.7 Å². The average molecular weight is 578 g/mol. The molecule has 0 bridgehead atoms. The van der Waals surface area contributed by atoms with Crippen molar-refractivity contribution >= 4 is 23.4 Å². The minimum atomic E-state index is -0.569. The Hall–Kier alpha value is -3.35. The number of nitrogens with one attached hydrogen (secondary N) is 2. The minimum Gasteiger partial charge on any atom is -0.507 e. The number of anilines is 1. The second kappa shape index (κ2) is 12.5. The number of rotatable bonds is 8. The number of nitrogens with zero attached hydrogens (tertiary/aromatic N) is 1. The van der Waals surface area contributed by atoms with Crippen LogP contribution in [0.4, 0.5) is 10.5 Å². The highest BCUT2D eigenvalue weighted by molar-refractivity contribution is 6.01. The van der Waals surface area contributed by atoms with Crippen LogP contribution in [-0.4, -0.2) is 46.4 Å². The Morgan fingerprint density at radius 1 is 0.976 bits per heavy atom. The number of hydrogen-bond acceptors (Lipinski definition) is 5. The maximum atomic E-state index is 13.7. The highest BCUT2D eigenvalue weighted by atomic mass is 16.6. The molecule has 0 spiro atoms. The molecule has 42 heavy (non-hydrogen) atoms. The fourth-order valence-corrected chi connectivity index (χ4v) is 5.65. The second-order valence-electron chi connectivity index (χ2n) is 14.8. The third-order valence-electron chi connectivity index (χ3n) is 7.81. The summed E-state index contributed by atoms with van der Waals surface area (Å²) < 4.78 is 5.34. The zero-order valence-corrected chi connectivity index (χ0v) is 27.3. The topological polar surface area (TPSA) is 103 Å². The Labute approximate surface area is 252 Å². The number of carbonyl (C=O) groups excluding carboxylic acids is 2. The number of carbonyl (C=O) groups is 2. The summed E-state index contributed by atoms with van der Waals surface area (Å²) in [6, 6.07) is 11.3. The molecule has 0 saturated carbocycles. The molecule has 1 saturated heterocycles. The van der Waals surface area contributed by atoms with Gasteiger partial charge in [-0.25, -0.2) is 4.79 Å². The number of ether oxygens (including phenoxy) is 1. The Kier molecular flexibility index (Phi) is 9.85. The summed E-state index contributed by atoms with van der Waals surface area (Å²) in [5.41, 5.74) is 2.63. The van der Waals surface area contributed by atoms with Crippen molar-refractivity contribution in [3.63, 3.8) is 0 Å². The first-order valence-corrected chi connectivity index (χ1v) is 15.1. The lowest BCUT2D eigenvalue weighted by Gasteiger charge is -2.28. The number of amidine groups is 1. The van der Waals surface area contributed by atoms with Crippen LogP contribution in [0.2, 0.25) is 0 Å². The van der Waals surface area contributed by atoms with Crippen LogP contribution in [0.15, 0.2) is 36.4 Å². The first-order valence-electron chi connectivity index (χ1n) is 15.1. The molecule has 1 fully saturated rings. The fourth-order valence-electron chi connectivity index (χ4n) is 5.65. The number of benzene rings is 2. The molecule has 2 aromatic rings. The molecular weight excluding hydrogens is 526 g/mol. The van der Waals surface area contributed by atoms with E-state index in [0.717, 1.165) is 29.5 Å². The number of hydrogen-bond donors (Lipinski definition) is 3. The van der Waals surface area contributed by atoms with E-state index in [1.807, 2.05) is 104 Å². The van der Waals surface area contributed by atoms with Crippen molar-refractivity contribution < 1.29 is 19.4 Å². The molecule has 230 valence electrons. The van der Waals surface area contributed by atoms with Crippen LogP contribution in [-0.2, 0) is 22.0 Å². The molecule has 7 nitrogen and oxygen atoms in total. The summed E-state index contributed by atoms with van der Waals surface area (Å²) in [5.74, 6) is 1.02. The van der Waals surface area contributed by atoms with Crippen molar-refractivity contribution in [2.75, 3.05) is 18.4 Å². The molecule has 1 aliphatic heterocycles. The number of phenols is 1. The van der Waals surface area contributed by atoms with Gasteiger partial charge in [0, 0.05) is 34.8 Å². The van der Waals surface area contributed by atoms with Gasteiger partial charge in [0.05, 0.1) is 6.54 Å². The van der Waals surface area contributed by atoms with E-state index < -0.39 is 11.7 Å². The Bertz CT molecular complexity index is 1260. The molecule has 2 atom stereocenters. The van der Waals surface area contributed by atoms with Crippen LogP contribution in [0.5, 0.6) is 5.75 Å². The summed E-state index contributed by atoms with van der Waals surface area (Å²) in [7, 11) is 0. The van der Waals surface area contributed by atoms with Gasteiger partial charge in [-0.2, -0.15) is 0 Å². The highest BCUT2D eigenvalue weighted by Gasteiger charge is 2.38. The van der Waals surface area contributed by atoms with Crippen molar-refractivity contribution in [2.24, 2.45) is 11.8 Å². The Balaban J connectivity index is 1.78. The average Bonchev–Trinajstić information content (AvgIpc) is 3.11. The lowest BCUT2D eigenvalue weighted by Crippen LogP contribution is -2.33. The number of amides is 1. The van der Waals surface area contributed by atoms with E-state index >= 15 is 0 Å². The highest BCUT2D eigenvalue weighted by Crippen LogP contribution is 2.40. The molecular formula is C35H51N3O4. The molecule has 3 rings (SSSR count). The molecule has 7 heteroatoms. The summed E-state index contributed by atoms with van der Waals surface area (Å²) in [5, 5.41) is 22.9. The smallest absolute Gasteiger partial charge is 0.412 e. The molecule has 2 aromatic carbocycles. The van der Waals surface area contributed by atoms with Gasteiger partial charge in [0.1, 0.15) is 17.2 Å². The van der Waals surface area contributed by atoms with Crippen molar-refractivity contribution in [3.8, 4) is 5.75 Å². The van der Waals surface area contributed by atoms with Crippen molar-refractivity contribution in [3.05, 3.63) is 58.7 Å². The minimum absolute atomic E-state index is 0.0116. The van der Waals surface area contributed by atoms with E-state index in [0.29, 0.717) is 30.1 Å². The van der Waals surface area contributed by atoms with Gasteiger partial charge in [0.15, 0.2) is 5.78 Å². The Morgan fingerprint density at radius 2 is 1.52 bits per heavy atom. The predicted octanol–water partition coefficient (Wildman–Crippen LogP) is 8.08. The van der Waals surface area contributed by atoms with E-state index in [1.54, 1.807) is 0 Å². The number of likely N-dealkylation sites (tertiary alicyclic amines) is 1. The zero-order chi connectivity index (χ0) is 31.6. The maximum Gasteiger partial charge on any atom is 0.412 e. The first kappa shape index (κ1) is 33.2. The molecule has 3 N–H and O–H groups in total. The summed E-state index contributed by atoms with van der Waals surface area (Å²) in [6.45, 7) is 20.7. The van der Waals surface area contributed by atoms with Crippen molar-refractivity contribution in [2.45, 2.75) is 105 Å². The standard InChI is InChI=1S/C35H51N3O4/c1-11-12-23-20-38(21-29(39)24-18-27(33(2,3)4)30(40)28(19-24)34(5,6)7)31(36)26(23)17-22-13-15-25(16-14-22)37-32(41)42-35(8,9)10/h13-16,18-19,23,26,36,40H,11-12,17,20-21H2,1-10H3,(H,37,41). The number of Topliss-reactive ketones (excluding diaryl/α,β-unsaturated/α-hetero) is 1. The fraction of sp³-hybridized carbons (Fsp3) is 0.571. The van der Waals surface area contributed by atoms with E-state index in [2.05, 4.69) is 12.2 Å².